The third kappa shape index (κ3) is 4.53. The van der Waals surface area contributed by atoms with E-state index in [-0.39, 0.29) is 17.8 Å². The molecule has 1 aliphatic carbocycles. The first-order valence-corrected chi connectivity index (χ1v) is 11.5. The monoisotopic (exact) mass is 433 g/mol. The van der Waals surface area contributed by atoms with Gasteiger partial charge in [-0.15, -0.1) is 0 Å². The van der Waals surface area contributed by atoms with Crippen molar-refractivity contribution in [2.24, 2.45) is 5.92 Å². The highest BCUT2D eigenvalue weighted by atomic mass is 32.1. The minimum absolute atomic E-state index is 0.142. The third-order valence-electron chi connectivity index (χ3n) is 6.76. The largest absolute Gasteiger partial charge is 0.443 e. The van der Waals surface area contributed by atoms with E-state index >= 15 is 0 Å². The molecule has 164 valence electrons. The van der Waals surface area contributed by atoms with Gasteiger partial charge in [0.05, 0.1) is 18.4 Å². The van der Waals surface area contributed by atoms with Crippen LogP contribution in [0.15, 0.2) is 6.20 Å². The Morgan fingerprint density at radius 3 is 2.77 bits per heavy atom. The van der Waals surface area contributed by atoms with Gasteiger partial charge < -0.3 is 19.3 Å². The van der Waals surface area contributed by atoms with Crippen molar-refractivity contribution in [2.45, 2.75) is 57.3 Å². The quantitative estimate of drug-likeness (QED) is 0.715. The molecule has 1 aromatic heterocycles. The average Bonchev–Trinajstić information content (AvgIpc) is 3.43. The summed E-state index contributed by atoms with van der Waals surface area (Å²) in [4.78, 5) is 25.5. The van der Waals surface area contributed by atoms with Gasteiger partial charge in [-0.1, -0.05) is 12.8 Å². The molecule has 0 atom stereocenters. The van der Waals surface area contributed by atoms with Gasteiger partial charge in [-0.25, -0.2) is 19.1 Å². The Morgan fingerprint density at radius 1 is 1.27 bits per heavy atom. The van der Waals surface area contributed by atoms with E-state index in [0.717, 1.165) is 89.6 Å². The van der Waals surface area contributed by atoms with Crippen LogP contribution in [0.5, 0.6) is 0 Å². The molecular formula is C21H31N5O3S. The fourth-order valence-corrected chi connectivity index (χ4v) is 4.51. The molecule has 4 heterocycles. The number of nitrogens with zero attached hydrogens (tertiary/aromatic N) is 5. The van der Waals surface area contributed by atoms with Gasteiger partial charge in [-0.3, -0.25) is 0 Å². The maximum atomic E-state index is 12.2. The number of piperidine rings is 1. The smallest absolute Gasteiger partial charge is 0.410 e. The normalized spacial score (nSPS) is 24.3. The summed E-state index contributed by atoms with van der Waals surface area (Å²) in [5.74, 6) is 1.33. The number of carbonyl (C=O) groups is 1. The summed E-state index contributed by atoms with van der Waals surface area (Å²) in [6.07, 6.45) is 6.92. The van der Waals surface area contributed by atoms with Crippen LogP contribution in [-0.4, -0.2) is 76.3 Å². The Bertz CT molecular complexity index is 791. The number of thiol groups is 1. The molecule has 0 spiro atoms. The van der Waals surface area contributed by atoms with Crippen LogP contribution < -0.4 is 4.90 Å². The first-order chi connectivity index (χ1) is 14.5. The van der Waals surface area contributed by atoms with Crippen LogP contribution in [0.4, 0.5) is 10.7 Å². The van der Waals surface area contributed by atoms with Crippen molar-refractivity contribution in [1.82, 2.24) is 19.2 Å². The number of carbonyl (C=O) groups excluding carboxylic acids is 1. The molecule has 1 amide bonds. The van der Waals surface area contributed by atoms with Crippen molar-refractivity contribution in [2.75, 3.05) is 44.2 Å². The molecule has 0 unspecified atom stereocenters. The number of rotatable bonds is 5. The van der Waals surface area contributed by atoms with E-state index in [9.17, 15) is 4.79 Å². The zero-order valence-corrected chi connectivity index (χ0v) is 18.5. The lowest BCUT2D eigenvalue weighted by atomic mass is 9.98. The molecule has 2 saturated heterocycles. The van der Waals surface area contributed by atoms with Gasteiger partial charge in [0.15, 0.2) is 0 Å². The molecule has 0 aromatic carbocycles. The van der Waals surface area contributed by atoms with Gasteiger partial charge in [0.1, 0.15) is 5.60 Å². The van der Waals surface area contributed by atoms with Crippen molar-refractivity contribution in [3.63, 3.8) is 0 Å². The van der Waals surface area contributed by atoms with Crippen LogP contribution in [0, 0.1) is 5.92 Å². The van der Waals surface area contributed by atoms with Crippen LogP contribution in [0.1, 0.15) is 43.9 Å². The zero-order chi connectivity index (χ0) is 20.7. The standard InChI is InChI=1S/C21H31N5O3S/c1-21(5-6-21)29-20(27)24-7-2-15(3-8-24)14-28-17-12-25(13-17)19-22-10-16-11-26(30)9-4-18(16)23-19/h10,15,17,30H,2-9,11-14H2,1H3. The van der Waals surface area contributed by atoms with Crippen LogP contribution in [-0.2, 0) is 22.4 Å². The Hall–Kier alpha value is -1.58. The molecule has 9 heteroatoms. The zero-order valence-electron chi connectivity index (χ0n) is 17.6. The summed E-state index contributed by atoms with van der Waals surface area (Å²) in [7, 11) is 0. The highest BCUT2D eigenvalue weighted by molar-refractivity contribution is 7.77. The Kier molecular flexibility index (Phi) is 5.53. The number of hydrogen-bond donors (Lipinski definition) is 1. The predicted molar refractivity (Wildman–Crippen MR) is 116 cm³/mol. The number of hydrogen-bond acceptors (Lipinski definition) is 8. The van der Waals surface area contributed by atoms with Crippen molar-refractivity contribution in [3.05, 3.63) is 17.5 Å². The Morgan fingerprint density at radius 2 is 2.03 bits per heavy atom. The number of anilines is 1. The first kappa shape index (κ1) is 20.3. The molecule has 5 rings (SSSR count). The highest BCUT2D eigenvalue weighted by Crippen LogP contribution is 2.39. The summed E-state index contributed by atoms with van der Waals surface area (Å²) in [5, 5.41) is 0. The minimum Gasteiger partial charge on any atom is -0.443 e. The maximum Gasteiger partial charge on any atom is 0.410 e. The van der Waals surface area contributed by atoms with Crippen LogP contribution in [0.25, 0.3) is 0 Å². The lowest BCUT2D eigenvalue weighted by molar-refractivity contribution is -0.00482. The van der Waals surface area contributed by atoms with E-state index in [4.69, 9.17) is 14.5 Å². The first-order valence-electron chi connectivity index (χ1n) is 11.1. The van der Waals surface area contributed by atoms with Crippen molar-refractivity contribution in [3.8, 4) is 0 Å². The van der Waals surface area contributed by atoms with Gasteiger partial charge in [-0.05, 0) is 38.5 Å². The summed E-state index contributed by atoms with van der Waals surface area (Å²) >= 11 is 4.42. The summed E-state index contributed by atoms with van der Waals surface area (Å²) in [6, 6.07) is 0. The number of aromatic nitrogens is 2. The highest BCUT2D eigenvalue weighted by Gasteiger charge is 2.43. The van der Waals surface area contributed by atoms with Crippen molar-refractivity contribution >= 4 is 24.9 Å². The maximum absolute atomic E-state index is 12.2. The molecule has 3 fully saturated rings. The second kappa shape index (κ2) is 8.16. The Labute approximate surface area is 183 Å². The molecular weight excluding hydrogens is 402 g/mol. The fourth-order valence-electron chi connectivity index (χ4n) is 4.26. The topological polar surface area (TPSA) is 71.0 Å². The van der Waals surface area contributed by atoms with Gasteiger partial charge in [0.25, 0.3) is 0 Å². The number of amides is 1. The molecule has 3 aliphatic heterocycles. The van der Waals surface area contributed by atoms with Gasteiger partial charge in [0.2, 0.25) is 5.95 Å². The lowest BCUT2D eigenvalue weighted by Gasteiger charge is -2.40. The second-order valence-electron chi connectivity index (χ2n) is 9.39. The molecule has 0 radical (unpaired) electrons. The third-order valence-corrected chi connectivity index (χ3v) is 7.10. The van der Waals surface area contributed by atoms with E-state index in [1.54, 1.807) is 0 Å². The number of likely N-dealkylation sites (tertiary alicyclic amines) is 1. The summed E-state index contributed by atoms with van der Waals surface area (Å²) < 4.78 is 13.7. The van der Waals surface area contributed by atoms with Gasteiger partial charge >= 0.3 is 6.09 Å². The molecule has 1 aromatic rings. The summed E-state index contributed by atoms with van der Waals surface area (Å²) in [6.45, 7) is 7.75. The Balaban J connectivity index is 1.02. The van der Waals surface area contributed by atoms with Gasteiger partial charge in [-0.2, -0.15) is 0 Å². The van der Waals surface area contributed by atoms with Crippen LogP contribution in [0.3, 0.4) is 0 Å². The van der Waals surface area contributed by atoms with Crippen molar-refractivity contribution in [1.29, 1.82) is 0 Å². The molecule has 8 nitrogen and oxygen atoms in total. The molecule has 4 aliphatic rings. The number of ether oxygens (including phenoxy) is 2. The van der Waals surface area contributed by atoms with E-state index in [0.29, 0.717) is 5.92 Å². The van der Waals surface area contributed by atoms with Crippen LogP contribution in [0.2, 0.25) is 0 Å². The van der Waals surface area contributed by atoms with E-state index in [1.807, 2.05) is 22.3 Å². The molecule has 1 saturated carbocycles. The molecule has 0 N–H and O–H groups in total. The lowest BCUT2D eigenvalue weighted by Crippen LogP contribution is -2.53. The van der Waals surface area contributed by atoms with E-state index in [1.165, 1.54) is 5.56 Å². The molecule has 0 bridgehead atoms. The van der Waals surface area contributed by atoms with Gasteiger partial charge in [0, 0.05) is 57.4 Å². The van der Waals surface area contributed by atoms with Crippen LogP contribution >= 0.6 is 12.8 Å². The SMILES string of the molecule is CC1(OC(=O)N2CCC(COC3CN(c4ncc5c(n4)CCN(S)C5)C3)CC2)CC1. The average molecular weight is 434 g/mol. The number of fused-ring (bicyclic) bond motifs is 1. The summed E-state index contributed by atoms with van der Waals surface area (Å²) in [5.41, 5.74) is 2.13. The van der Waals surface area contributed by atoms with Crippen molar-refractivity contribution < 1.29 is 14.3 Å². The van der Waals surface area contributed by atoms with E-state index < -0.39 is 0 Å². The fraction of sp³-hybridized carbons (Fsp3) is 0.762. The second-order valence-corrected chi connectivity index (χ2v) is 9.95. The van der Waals surface area contributed by atoms with E-state index in [2.05, 4.69) is 22.7 Å². The predicted octanol–water partition coefficient (Wildman–Crippen LogP) is 2.29. The molecule has 30 heavy (non-hydrogen) atoms. The minimum atomic E-state index is -0.193.